The van der Waals surface area contributed by atoms with Crippen molar-refractivity contribution in [3.05, 3.63) is 78.9 Å². The van der Waals surface area contributed by atoms with Gasteiger partial charge in [0.1, 0.15) is 23.2 Å². The van der Waals surface area contributed by atoms with Gasteiger partial charge in [-0.1, -0.05) is 12.1 Å². The quantitative estimate of drug-likeness (QED) is 0.380. The lowest BCUT2D eigenvalue weighted by atomic mass is 10.1. The average molecular weight is 464 g/mol. The standard InChI is InChI=1S/C24H22FN5O2S/c1-2-33(31)29-13-5-6-18(15-29)30-24-20(14-26-16-27-24)23(28-30)17-9-11-19(12-10-17)32-22-8-4-3-7-21(22)25/h2-4,7-12,14,16,18H,1,5-6,13,15H2. The zero-order valence-corrected chi connectivity index (χ0v) is 18.6. The fourth-order valence-electron chi connectivity index (χ4n) is 4.07. The summed E-state index contributed by atoms with van der Waals surface area (Å²) in [6.07, 6.45) is 5.10. The molecule has 4 aromatic rings. The van der Waals surface area contributed by atoms with Crippen molar-refractivity contribution in [3.8, 4) is 22.8 Å². The first-order valence-electron chi connectivity index (χ1n) is 10.6. The molecule has 0 N–H and O–H groups in total. The number of hydrogen-bond acceptors (Lipinski definition) is 6. The maximum absolute atomic E-state index is 13.9. The minimum atomic E-state index is -1.21. The van der Waals surface area contributed by atoms with Crippen LogP contribution >= 0.6 is 0 Å². The number of fused-ring (bicyclic) bond motifs is 1. The number of hydrogen-bond donors (Lipinski definition) is 0. The van der Waals surface area contributed by atoms with E-state index in [-0.39, 0.29) is 11.8 Å². The third-order valence-electron chi connectivity index (χ3n) is 5.67. The summed E-state index contributed by atoms with van der Waals surface area (Å²) in [7, 11) is 0. The smallest absolute Gasteiger partial charge is 0.165 e. The maximum Gasteiger partial charge on any atom is 0.165 e. The number of aromatic nitrogens is 4. The molecule has 0 spiro atoms. The fourth-order valence-corrected chi connectivity index (χ4v) is 4.91. The Morgan fingerprint density at radius 3 is 2.79 bits per heavy atom. The van der Waals surface area contributed by atoms with Crippen LogP contribution in [0.3, 0.4) is 0 Å². The first-order valence-corrected chi connectivity index (χ1v) is 11.8. The Balaban J connectivity index is 1.46. The minimum absolute atomic E-state index is 0.0393. The number of ether oxygens (including phenoxy) is 1. The summed E-state index contributed by atoms with van der Waals surface area (Å²) in [6.45, 7) is 5.02. The predicted octanol–water partition coefficient (Wildman–Crippen LogP) is 4.87. The molecular weight excluding hydrogens is 441 g/mol. The van der Waals surface area contributed by atoms with E-state index in [1.54, 1.807) is 36.5 Å². The van der Waals surface area contributed by atoms with E-state index in [4.69, 9.17) is 9.84 Å². The molecular formula is C24H22FN5O2S. The van der Waals surface area contributed by atoms with Crippen LogP contribution in [0.2, 0.25) is 0 Å². The van der Waals surface area contributed by atoms with E-state index in [1.807, 2.05) is 21.1 Å². The van der Waals surface area contributed by atoms with Crippen LogP contribution in [0.1, 0.15) is 18.9 Å². The lowest BCUT2D eigenvalue weighted by molar-refractivity contribution is 0.260. The highest BCUT2D eigenvalue weighted by atomic mass is 32.2. The van der Waals surface area contributed by atoms with E-state index >= 15 is 0 Å². The van der Waals surface area contributed by atoms with Gasteiger partial charge in [-0.2, -0.15) is 5.10 Å². The molecule has 1 fully saturated rings. The molecule has 7 nitrogen and oxygen atoms in total. The van der Waals surface area contributed by atoms with Gasteiger partial charge < -0.3 is 9.29 Å². The van der Waals surface area contributed by atoms with Gasteiger partial charge in [-0.15, -0.1) is 4.31 Å². The van der Waals surface area contributed by atoms with Gasteiger partial charge in [0.2, 0.25) is 0 Å². The summed E-state index contributed by atoms with van der Waals surface area (Å²) in [5.41, 5.74) is 2.37. The van der Waals surface area contributed by atoms with E-state index in [2.05, 4.69) is 16.5 Å². The lowest BCUT2D eigenvalue weighted by Crippen LogP contribution is -2.40. The molecule has 168 valence electrons. The molecule has 5 rings (SSSR count). The largest absolute Gasteiger partial charge is 0.593 e. The number of para-hydroxylation sites is 1. The Bertz CT molecular complexity index is 1280. The summed E-state index contributed by atoms with van der Waals surface area (Å²) in [6, 6.07) is 13.7. The molecule has 9 heteroatoms. The Hall–Kier alpha value is -3.27. The van der Waals surface area contributed by atoms with Crippen LogP contribution in [0, 0.1) is 5.82 Å². The molecule has 1 aliphatic heterocycles. The van der Waals surface area contributed by atoms with Gasteiger partial charge in [0, 0.05) is 18.3 Å². The molecule has 2 atom stereocenters. The normalized spacial score (nSPS) is 17.7. The van der Waals surface area contributed by atoms with Gasteiger partial charge in [0.05, 0.1) is 29.3 Å². The van der Waals surface area contributed by atoms with Crippen molar-refractivity contribution >= 4 is 22.4 Å². The van der Waals surface area contributed by atoms with Crippen LogP contribution in [-0.2, 0) is 11.4 Å². The molecule has 0 aliphatic carbocycles. The maximum atomic E-state index is 13.9. The molecule has 0 saturated carbocycles. The second kappa shape index (κ2) is 9.30. The molecule has 0 radical (unpaired) electrons. The van der Waals surface area contributed by atoms with Crippen molar-refractivity contribution in [2.45, 2.75) is 18.9 Å². The van der Waals surface area contributed by atoms with Crippen LogP contribution in [0.5, 0.6) is 11.5 Å². The van der Waals surface area contributed by atoms with Gasteiger partial charge in [0.15, 0.2) is 17.2 Å². The monoisotopic (exact) mass is 463 g/mol. The van der Waals surface area contributed by atoms with E-state index in [1.165, 1.54) is 17.8 Å². The summed E-state index contributed by atoms with van der Waals surface area (Å²) < 4.78 is 35.6. The van der Waals surface area contributed by atoms with Crippen molar-refractivity contribution < 1.29 is 13.7 Å². The highest BCUT2D eigenvalue weighted by Crippen LogP contribution is 2.33. The van der Waals surface area contributed by atoms with Crippen molar-refractivity contribution in [1.82, 2.24) is 24.1 Å². The minimum Gasteiger partial charge on any atom is -0.593 e. The predicted molar refractivity (Wildman–Crippen MR) is 125 cm³/mol. The molecule has 0 bridgehead atoms. The van der Waals surface area contributed by atoms with E-state index in [0.717, 1.165) is 41.7 Å². The summed E-state index contributed by atoms with van der Waals surface area (Å²) in [5, 5.41) is 7.19. The van der Waals surface area contributed by atoms with Crippen LogP contribution in [-0.4, -0.2) is 41.7 Å². The second-order valence-electron chi connectivity index (χ2n) is 7.74. The molecule has 1 aliphatic rings. The summed E-state index contributed by atoms with van der Waals surface area (Å²) >= 11 is -1.21. The van der Waals surface area contributed by atoms with Crippen molar-refractivity contribution in [2.24, 2.45) is 0 Å². The average Bonchev–Trinajstić information content (AvgIpc) is 3.25. The van der Waals surface area contributed by atoms with Crippen LogP contribution in [0.4, 0.5) is 4.39 Å². The van der Waals surface area contributed by atoms with Gasteiger partial charge in [0.25, 0.3) is 0 Å². The first kappa shape index (κ1) is 21.6. The van der Waals surface area contributed by atoms with E-state index in [9.17, 15) is 8.94 Å². The van der Waals surface area contributed by atoms with Crippen LogP contribution < -0.4 is 4.74 Å². The summed E-state index contributed by atoms with van der Waals surface area (Å²) in [4.78, 5) is 8.68. The second-order valence-corrected chi connectivity index (χ2v) is 9.14. The molecule has 2 aromatic heterocycles. The molecule has 3 heterocycles. The van der Waals surface area contributed by atoms with Crippen LogP contribution in [0.15, 0.2) is 73.0 Å². The molecule has 33 heavy (non-hydrogen) atoms. The SMILES string of the molecule is C=C[S+]([O-])N1CCCC(n2nc(-c3ccc(Oc4ccccc4F)cc3)c3cncnc32)C1. The number of nitrogens with zero attached hydrogens (tertiary/aromatic N) is 5. The van der Waals surface area contributed by atoms with Gasteiger partial charge in [-0.05, 0) is 55.8 Å². The Labute approximate surface area is 193 Å². The molecule has 2 unspecified atom stereocenters. The highest BCUT2D eigenvalue weighted by Gasteiger charge is 2.30. The Kier molecular flexibility index (Phi) is 6.08. The summed E-state index contributed by atoms with van der Waals surface area (Å²) in [5.74, 6) is 0.285. The number of halogens is 1. The van der Waals surface area contributed by atoms with Gasteiger partial charge >= 0.3 is 0 Å². The van der Waals surface area contributed by atoms with Crippen molar-refractivity contribution in [2.75, 3.05) is 13.1 Å². The fraction of sp³-hybridized carbons (Fsp3) is 0.208. The van der Waals surface area contributed by atoms with Crippen LogP contribution in [0.25, 0.3) is 22.3 Å². The zero-order valence-electron chi connectivity index (χ0n) is 17.8. The highest BCUT2D eigenvalue weighted by molar-refractivity contribution is 7.92. The zero-order chi connectivity index (χ0) is 22.8. The van der Waals surface area contributed by atoms with Gasteiger partial charge in [-0.3, -0.25) is 0 Å². The van der Waals surface area contributed by atoms with E-state index < -0.39 is 17.2 Å². The van der Waals surface area contributed by atoms with Crippen molar-refractivity contribution in [3.63, 3.8) is 0 Å². The molecule has 1 saturated heterocycles. The Morgan fingerprint density at radius 2 is 2.00 bits per heavy atom. The molecule has 0 amide bonds. The third-order valence-corrected chi connectivity index (χ3v) is 6.79. The lowest BCUT2D eigenvalue weighted by Gasteiger charge is -2.31. The number of benzene rings is 2. The van der Waals surface area contributed by atoms with Gasteiger partial charge in [-0.25, -0.2) is 19.0 Å². The number of rotatable bonds is 6. The third kappa shape index (κ3) is 4.35. The number of piperidine rings is 1. The van der Waals surface area contributed by atoms with Crippen molar-refractivity contribution in [1.29, 1.82) is 0 Å². The Morgan fingerprint density at radius 1 is 1.18 bits per heavy atom. The molecule has 2 aromatic carbocycles. The topological polar surface area (TPSA) is 79.1 Å². The van der Waals surface area contributed by atoms with E-state index in [0.29, 0.717) is 12.3 Å². The first-order chi connectivity index (χ1) is 16.1.